The Morgan fingerprint density at radius 1 is 1.47 bits per heavy atom. The van der Waals surface area contributed by atoms with Gasteiger partial charge in [-0.1, -0.05) is 0 Å². The molecule has 5 heteroatoms. The fourth-order valence-electron chi connectivity index (χ4n) is 2.74. The SMILES string of the molecule is Cc1ncc(C(=O)N2CCC3CCC(C2)N3)s1. The number of nitrogens with one attached hydrogen (secondary N) is 1. The lowest BCUT2D eigenvalue weighted by molar-refractivity contribution is 0.0753. The van der Waals surface area contributed by atoms with E-state index >= 15 is 0 Å². The van der Waals surface area contributed by atoms with Gasteiger partial charge < -0.3 is 10.2 Å². The van der Waals surface area contributed by atoms with Crippen LogP contribution < -0.4 is 5.32 Å². The highest BCUT2D eigenvalue weighted by Gasteiger charge is 2.31. The van der Waals surface area contributed by atoms with E-state index in [9.17, 15) is 4.79 Å². The van der Waals surface area contributed by atoms with E-state index < -0.39 is 0 Å². The summed E-state index contributed by atoms with van der Waals surface area (Å²) in [6.07, 6.45) is 5.27. The van der Waals surface area contributed by atoms with Gasteiger partial charge in [0.15, 0.2) is 0 Å². The first-order chi connectivity index (χ1) is 8.22. The van der Waals surface area contributed by atoms with Gasteiger partial charge in [0.1, 0.15) is 4.88 Å². The third kappa shape index (κ3) is 2.21. The maximum atomic E-state index is 12.3. The average molecular weight is 251 g/mol. The van der Waals surface area contributed by atoms with Crippen LogP contribution in [-0.2, 0) is 0 Å². The van der Waals surface area contributed by atoms with E-state index in [1.54, 1.807) is 6.20 Å². The van der Waals surface area contributed by atoms with Crippen LogP contribution in [0, 0.1) is 6.92 Å². The smallest absolute Gasteiger partial charge is 0.265 e. The molecule has 3 rings (SSSR count). The second-order valence-corrected chi connectivity index (χ2v) is 6.16. The minimum absolute atomic E-state index is 0.157. The number of aryl methyl sites for hydroxylation is 1. The molecule has 2 saturated heterocycles. The molecule has 92 valence electrons. The highest BCUT2D eigenvalue weighted by atomic mass is 32.1. The predicted molar refractivity (Wildman–Crippen MR) is 67.3 cm³/mol. The van der Waals surface area contributed by atoms with Crippen LogP contribution in [0.5, 0.6) is 0 Å². The van der Waals surface area contributed by atoms with Gasteiger partial charge in [-0.2, -0.15) is 0 Å². The third-order valence-corrected chi connectivity index (χ3v) is 4.54. The summed E-state index contributed by atoms with van der Waals surface area (Å²) in [6.45, 7) is 3.67. The van der Waals surface area contributed by atoms with Crippen LogP contribution in [0.25, 0.3) is 0 Å². The Hall–Kier alpha value is -0.940. The molecule has 2 aliphatic heterocycles. The van der Waals surface area contributed by atoms with Crippen LogP contribution in [0.3, 0.4) is 0 Å². The summed E-state index contributed by atoms with van der Waals surface area (Å²) in [5.41, 5.74) is 0. The number of rotatable bonds is 1. The van der Waals surface area contributed by atoms with Crippen molar-refractivity contribution < 1.29 is 4.79 Å². The monoisotopic (exact) mass is 251 g/mol. The largest absolute Gasteiger partial charge is 0.336 e. The molecule has 0 radical (unpaired) electrons. The quantitative estimate of drug-likeness (QED) is 0.821. The van der Waals surface area contributed by atoms with Crippen molar-refractivity contribution >= 4 is 17.2 Å². The maximum absolute atomic E-state index is 12.3. The van der Waals surface area contributed by atoms with E-state index in [4.69, 9.17) is 0 Å². The van der Waals surface area contributed by atoms with Crippen molar-refractivity contribution in [2.45, 2.75) is 38.3 Å². The molecule has 0 aliphatic carbocycles. The molecule has 1 aromatic heterocycles. The zero-order valence-electron chi connectivity index (χ0n) is 9.98. The molecule has 1 amide bonds. The number of amides is 1. The van der Waals surface area contributed by atoms with Crippen LogP contribution in [-0.4, -0.2) is 41.0 Å². The number of aromatic nitrogens is 1. The summed E-state index contributed by atoms with van der Waals surface area (Å²) >= 11 is 1.49. The van der Waals surface area contributed by atoms with Gasteiger partial charge in [-0.05, 0) is 26.2 Å². The molecular formula is C12H17N3OS. The molecule has 17 heavy (non-hydrogen) atoms. The summed E-state index contributed by atoms with van der Waals surface area (Å²) in [4.78, 5) is 19.2. The van der Waals surface area contributed by atoms with Crippen LogP contribution in [0.15, 0.2) is 6.20 Å². The number of carbonyl (C=O) groups excluding carboxylic acids is 1. The van der Waals surface area contributed by atoms with Crippen LogP contribution in [0.4, 0.5) is 0 Å². The zero-order valence-corrected chi connectivity index (χ0v) is 10.8. The Bertz CT molecular complexity index is 431. The Morgan fingerprint density at radius 3 is 3.06 bits per heavy atom. The molecule has 2 fully saturated rings. The van der Waals surface area contributed by atoms with E-state index in [1.165, 1.54) is 24.2 Å². The van der Waals surface area contributed by atoms with Crippen molar-refractivity contribution in [1.29, 1.82) is 0 Å². The molecule has 0 saturated carbocycles. The highest BCUT2D eigenvalue weighted by Crippen LogP contribution is 2.22. The first-order valence-electron chi connectivity index (χ1n) is 6.20. The normalized spacial score (nSPS) is 28.2. The predicted octanol–water partition coefficient (Wildman–Crippen LogP) is 1.42. The summed E-state index contributed by atoms with van der Waals surface area (Å²) in [5.74, 6) is 0.157. The van der Waals surface area contributed by atoms with Crippen molar-refractivity contribution in [3.8, 4) is 0 Å². The molecule has 2 aliphatic rings. The number of likely N-dealkylation sites (tertiary alicyclic amines) is 1. The molecule has 3 heterocycles. The number of hydrogen-bond donors (Lipinski definition) is 1. The summed E-state index contributed by atoms with van der Waals surface area (Å²) in [6, 6.07) is 1.13. The van der Waals surface area contributed by atoms with Gasteiger partial charge in [0, 0.05) is 25.2 Å². The molecule has 2 atom stereocenters. The lowest BCUT2D eigenvalue weighted by Gasteiger charge is -2.23. The van der Waals surface area contributed by atoms with E-state index in [1.807, 2.05) is 11.8 Å². The Labute approximate surface area is 105 Å². The number of thiazole rings is 1. The van der Waals surface area contributed by atoms with Crippen molar-refractivity contribution in [1.82, 2.24) is 15.2 Å². The summed E-state index contributed by atoms with van der Waals surface area (Å²) in [5, 5.41) is 4.55. The van der Waals surface area contributed by atoms with Gasteiger partial charge >= 0.3 is 0 Å². The van der Waals surface area contributed by atoms with Gasteiger partial charge in [-0.15, -0.1) is 11.3 Å². The lowest BCUT2D eigenvalue weighted by atomic mass is 10.1. The molecule has 1 N–H and O–H groups in total. The van der Waals surface area contributed by atoms with Crippen LogP contribution in [0.1, 0.15) is 33.9 Å². The zero-order chi connectivity index (χ0) is 11.8. The fourth-order valence-corrected chi connectivity index (χ4v) is 3.49. The highest BCUT2D eigenvalue weighted by molar-refractivity contribution is 7.13. The first-order valence-corrected chi connectivity index (χ1v) is 7.02. The van der Waals surface area contributed by atoms with Gasteiger partial charge in [-0.25, -0.2) is 4.98 Å². The molecule has 0 aromatic carbocycles. The van der Waals surface area contributed by atoms with Gasteiger partial charge in [-0.3, -0.25) is 4.79 Å². The van der Waals surface area contributed by atoms with E-state index in [2.05, 4.69) is 10.3 Å². The van der Waals surface area contributed by atoms with Crippen molar-refractivity contribution in [3.63, 3.8) is 0 Å². The first kappa shape index (κ1) is 11.2. The van der Waals surface area contributed by atoms with Crippen LogP contribution >= 0.6 is 11.3 Å². The molecule has 4 nitrogen and oxygen atoms in total. The van der Waals surface area contributed by atoms with Gasteiger partial charge in [0.25, 0.3) is 5.91 Å². The number of hydrogen-bond acceptors (Lipinski definition) is 4. The summed E-state index contributed by atoms with van der Waals surface area (Å²) in [7, 11) is 0. The standard InChI is InChI=1S/C12H17N3OS/c1-8-13-6-11(17-8)12(16)15-5-4-9-2-3-10(7-15)14-9/h6,9-10,14H,2-5,7H2,1H3. The molecule has 2 bridgehead atoms. The van der Waals surface area contributed by atoms with Crippen molar-refractivity contribution in [3.05, 3.63) is 16.1 Å². The van der Waals surface area contributed by atoms with Gasteiger partial charge in [0.05, 0.1) is 11.2 Å². The Kier molecular flexibility index (Phi) is 2.88. The number of fused-ring (bicyclic) bond motifs is 2. The second kappa shape index (κ2) is 4.38. The van der Waals surface area contributed by atoms with E-state index in [-0.39, 0.29) is 5.91 Å². The van der Waals surface area contributed by atoms with Crippen molar-refractivity contribution in [2.24, 2.45) is 0 Å². The minimum atomic E-state index is 0.157. The average Bonchev–Trinajstić information content (AvgIpc) is 2.84. The van der Waals surface area contributed by atoms with Crippen molar-refractivity contribution in [2.75, 3.05) is 13.1 Å². The lowest BCUT2D eigenvalue weighted by Crippen LogP contribution is -2.38. The van der Waals surface area contributed by atoms with E-state index in [0.29, 0.717) is 12.1 Å². The number of nitrogens with zero attached hydrogens (tertiary/aromatic N) is 2. The number of carbonyl (C=O) groups is 1. The molecule has 1 aromatic rings. The minimum Gasteiger partial charge on any atom is -0.336 e. The summed E-state index contributed by atoms with van der Waals surface area (Å²) < 4.78 is 0. The Balaban J connectivity index is 1.73. The van der Waals surface area contributed by atoms with Gasteiger partial charge in [0.2, 0.25) is 0 Å². The Morgan fingerprint density at radius 2 is 2.29 bits per heavy atom. The molecular weight excluding hydrogens is 234 g/mol. The topological polar surface area (TPSA) is 45.2 Å². The fraction of sp³-hybridized carbons (Fsp3) is 0.667. The molecule has 2 unspecified atom stereocenters. The molecule has 0 spiro atoms. The maximum Gasteiger partial charge on any atom is 0.265 e. The van der Waals surface area contributed by atoms with Crippen LogP contribution in [0.2, 0.25) is 0 Å². The second-order valence-electron chi connectivity index (χ2n) is 4.92. The third-order valence-electron chi connectivity index (χ3n) is 3.64. The van der Waals surface area contributed by atoms with E-state index in [0.717, 1.165) is 29.4 Å².